The van der Waals surface area contributed by atoms with Crippen molar-refractivity contribution in [3.8, 4) is 0 Å². The first-order valence-electron chi connectivity index (χ1n) is 13.1. The average Bonchev–Trinajstić information content (AvgIpc) is 3.26. The van der Waals surface area contributed by atoms with Crippen LogP contribution in [-0.2, 0) is 6.42 Å². The van der Waals surface area contributed by atoms with Gasteiger partial charge in [-0.2, -0.15) is 0 Å². The van der Waals surface area contributed by atoms with Gasteiger partial charge in [0.05, 0.1) is 5.56 Å². The van der Waals surface area contributed by atoms with Crippen molar-refractivity contribution in [3.05, 3.63) is 111 Å². The lowest BCUT2D eigenvalue weighted by Crippen LogP contribution is -2.22. The molecule has 7 heteroatoms. The summed E-state index contributed by atoms with van der Waals surface area (Å²) in [5, 5.41) is 9.51. The molecule has 2 aliphatic rings. The number of benzene rings is 3. The Bertz CT molecular complexity index is 1440. The lowest BCUT2D eigenvalue weighted by Gasteiger charge is -2.17. The minimum atomic E-state index is -2.29. The Morgan fingerprint density at radius 3 is 2.44 bits per heavy atom. The van der Waals surface area contributed by atoms with Crippen LogP contribution in [0.1, 0.15) is 63.9 Å². The first kappa shape index (κ1) is 26.9. The molecule has 0 bridgehead atoms. The van der Waals surface area contributed by atoms with Gasteiger partial charge in [-0.25, -0.2) is 22.4 Å². The predicted octanol–water partition coefficient (Wildman–Crippen LogP) is 7.70. The molecule has 0 saturated carbocycles. The van der Waals surface area contributed by atoms with E-state index in [1.165, 1.54) is 17.7 Å². The molecule has 0 unspecified atom stereocenters. The number of alkyl halides is 2. The number of rotatable bonds is 7. The number of halogens is 4. The molecule has 39 heavy (non-hydrogen) atoms. The molecule has 1 heterocycles. The van der Waals surface area contributed by atoms with Crippen molar-refractivity contribution in [1.29, 1.82) is 0 Å². The molecule has 0 radical (unpaired) electrons. The Balaban J connectivity index is 1.53. The van der Waals surface area contributed by atoms with E-state index in [9.17, 15) is 23.1 Å². The number of nitrogens with zero attached hydrogens (tertiary/aromatic N) is 1. The summed E-state index contributed by atoms with van der Waals surface area (Å²) in [5.41, 5.74) is 6.84. The summed E-state index contributed by atoms with van der Waals surface area (Å²) in [6.45, 7) is 1.83. The molecule has 0 atom stereocenters. The normalized spacial score (nSPS) is 17.1. The molecule has 5 rings (SSSR count). The van der Waals surface area contributed by atoms with Gasteiger partial charge >= 0.3 is 5.97 Å². The van der Waals surface area contributed by atoms with E-state index >= 15 is 4.39 Å². The van der Waals surface area contributed by atoms with Crippen LogP contribution >= 0.6 is 0 Å². The van der Waals surface area contributed by atoms with Crippen LogP contribution in [0.15, 0.2) is 66.2 Å². The Hall–Kier alpha value is -3.71. The second-order valence-electron chi connectivity index (χ2n) is 10.1. The molecule has 3 aromatic rings. The van der Waals surface area contributed by atoms with Crippen LogP contribution < -0.4 is 0 Å². The van der Waals surface area contributed by atoms with Gasteiger partial charge in [-0.1, -0.05) is 42.0 Å². The predicted molar refractivity (Wildman–Crippen MR) is 145 cm³/mol. The van der Waals surface area contributed by atoms with E-state index in [1.807, 2.05) is 29.2 Å². The van der Waals surface area contributed by atoms with Crippen molar-refractivity contribution in [2.45, 2.75) is 38.5 Å². The average molecular weight is 536 g/mol. The molecule has 3 nitrogen and oxygen atoms in total. The fraction of sp³-hybridized carbons (Fsp3) is 0.281. The molecule has 1 aliphatic heterocycles. The highest BCUT2D eigenvalue weighted by molar-refractivity contribution is 6.00. The molecule has 1 fully saturated rings. The molecule has 1 aliphatic carbocycles. The quantitative estimate of drug-likeness (QED) is 0.315. The third kappa shape index (κ3) is 6.14. The zero-order valence-electron chi connectivity index (χ0n) is 21.4. The lowest BCUT2D eigenvalue weighted by atomic mass is 9.87. The molecule has 3 aromatic carbocycles. The van der Waals surface area contributed by atoms with E-state index in [2.05, 4.69) is 6.08 Å². The van der Waals surface area contributed by atoms with Crippen LogP contribution in [0.4, 0.5) is 17.6 Å². The number of carboxylic acids is 1. The van der Waals surface area contributed by atoms with Crippen molar-refractivity contribution in [1.82, 2.24) is 4.90 Å². The van der Waals surface area contributed by atoms with E-state index in [0.717, 1.165) is 52.4 Å². The number of aromatic carboxylic acids is 1. The Kier molecular flexibility index (Phi) is 7.98. The van der Waals surface area contributed by atoms with Crippen LogP contribution in [0.2, 0.25) is 0 Å². The number of likely N-dealkylation sites (tertiary alicyclic amines) is 1. The first-order chi connectivity index (χ1) is 18.8. The van der Waals surface area contributed by atoms with Gasteiger partial charge in [-0.05, 0) is 83.3 Å². The van der Waals surface area contributed by atoms with Gasteiger partial charge in [0.25, 0.3) is 0 Å². The van der Waals surface area contributed by atoms with Crippen LogP contribution in [0.3, 0.4) is 0 Å². The van der Waals surface area contributed by atoms with Crippen LogP contribution in [0, 0.1) is 11.6 Å². The maximum Gasteiger partial charge on any atom is 0.335 e. The zero-order valence-corrected chi connectivity index (χ0v) is 21.4. The number of hydrogen-bond acceptors (Lipinski definition) is 2. The smallest absolute Gasteiger partial charge is 0.335 e. The van der Waals surface area contributed by atoms with Crippen molar-refractivity contribution in [2.75, 3.05) is 19.6 Å². The Labute approximate surface area is 225 Å². The number of carboxylic acid groups (broad SMARTS) is 1. The van der Waals surface area contributed by atoms with Gasteiger partial charge in [0.15, 0.2) is 0 Å². The van der Waals surface area contributed by atoms with Gasteiger partial charge in [-0.3, -0.25) is 4.90 Å². The summed E-state index contributed by atoms with van der Waals surface area (Å²) in [4.78, 5) is 13.6. The zero-order chi connectivity index (χ0) is 27.5. The van der Waals surface area contributed by atoms with Crippen LogP contribution in [0.5, 0.6) is 0 Å². The van der Waals surface area contributed by atoms with Crippen LogP contribution in [0.25, 0.3) is 17.2 Å². The summed E-state index contributed by atoms with van der Waals surface area (Å²) in [7, 11) is 0. The molecule has 1 N–H and O–H groups in total. The summed E-state index contributed by atoms with van der Waals surface area (Å²) in [6.07, 6.45) is 2.39. The highest BCUT2D eigenvalue weighted by atomic mass is 19.3. The minimum absolute atomic E-state index is 0.122. The topological polar surface area (TPSA) is 40.5 Å². The van der Waals surface area contributed by atoms with E-state index in [-0.39, 0.29) is 12.0 Å². The molecular formula is C32H29F4NO2. The van der Waals surface area contributed by atoms with Gasteiger partial charge < -0.3 is 5.11 Å². The maximum atomic E-state index is 15.0. The van der Waals surface area contributed by atoms with E-state index in [1.54, 1.807) is 18.2 Å². The fourth-order valence-electron chi connectivity index (χ4n) is 5.57. The van der Waals surface area contributed by atoms with E-state index < -0.39 is 24.0 Å². The minimum Gasteiger partial charge on any atom is -0.478 e. The molecule has 0 amide bonds. The number of aryl methyl sites for hydroxylation is 1. The second-order valence-corrected chi connectivity index (χ2v) is 10.1. The lowest BCUT2D eigenvalue weighted by molar-refractivity contribution is 0.0696. The van der Waals surface area contributed by atoms with E-state index in [4.69, 9.17) is 0 Å². The van der Waals surface area contributed by atoms with E-state index in [0.29, 0.717) is 37.9 Å². The van der Waals surface area contributed by atoms with Crippen LogP contribution in [-0.4, -0.2) is 42.0 Å². The van der Waals surface area contributed by atoms with Crippen molar-refractivity contribution in [2.24, 2.45) is 0 Å². The molecular weight excluding hydrogens is 506 g/mol. The van der Waals surface area contributed by atoms with Gasteiger partial charge in [-0.15, -0.1) is 0 Å². The van der Waals surface area contributed by atoms with Crippen molar-refractivity contribution < 1.29 is 27.5 Å². The number of hydrogen-bond donors (Lipinski definition) is 1. The van der Waals surface area contributed by atoms with Gasteiger partial charge in [0.1, 0.15) is 11.6 Å². The molecule has 0 aromatic heterocycles. The molecule has 0 spiro atoms. The van der Waals surface area contributed by atoms with Crippen molar-refractivity contribution in [3.63, 3.8) is 0 Å². The number of allylic oxidation sites excluding steroid dienone is 1. The largest absolute Gasteiger partial charge is 0.478 e. The van der Waals surface area contributed by atoms with Gasteiger partial charge in [0.2, 0.25) is 6.43 Å². The Morgan fingerprint density at radius 2 is 1.72 bits per heavy atom. The summed E-state index contributed by atoms with van der Waals surface area (Å²) in [6, 6.07) is 16.5. The summed E-state index contributed by atoms with van der Waals surface area (Å²) < 4.78 is 53.9. The second kappa shape index (κ2) is 11.6. The highest BCUT2D eigenvalue weighted by Gasteiger charge is 2.23. The van der Waals surface area contributed by atoms with Gasteiger partial charge in [0, 0.05) is 37.7 Å². The molecule has 202 valence electrons. The summed E-state index contributed by atoms with van der Waals surface area (Å²) >= 11 is 0. The highest BCUT2D eigenvalue weighted by Crippen LogP contribution is 2.41. The number of carbonyl (C=O) groups is 1. The summed E-state index contributed by atoms with van der Waals surface area (Å²) in [5.74, 6) is -2.28. The standard InChI is InChI=1S/C32H29F4NO2/c33-25-9-11-27(29(34)18-25)28-3-1-2-23-17-24(32(38)39)8-10-26(23)31(28)22-6-4-20(5-7-22)16-21-12-14-37(19-21)15-13-30(35)36/h4-11,16-18,30H,1-3,12-15,19H2,(H,38,39). The Morgan fingerprint density at radius 1 is 0.949 bits per heavy atom. The SMILES string of the molecule is O=C(O)c1ccc2c(c1)CCCC(c1ccc(F)cc1F)=C2c1ccc(C=C2CCN(CCC(F)F)C2)cc1. The third-order valence-corrected chi connectivity index (χ3v) is 7.46. The third-order valence-electron chi connectivity index (χ3n) is 7.46. The molecule has 1 saturated heterocycles. The number of fused-ring (bicyclic) bond motifs is 1. The van der Waals surface area contributed by atoms with Crippen molar-refractivity contribution >= 4 is 23.2 Å². The monoisotopic (exact) mass is 535 g/mol. The first-order valence-corrected chi connectivity index (χ1v) is 13.1. The fourth-order valence-corrected chi connectivity index (χ4v) is 5.57. The maximum absolute atomic E-state index is 15.0.